The molecule has 2 atom stereocenters. The first-order valence-electron chi connectivity index (χ1n) is 5.19. The summed E-state index contributed by atoms with van der Waals surface area (Å²) in [4.78, 5) is 13.1. The Hall–Kier alpha value is -1.75. The van der Waals surface area contributed by atoms with Crippen LogP contribution in [0.3, 0.4) is 0 Å². The number of hydrogen-bond donors (Lipinski definition) is 3. The molecule has 0 aromatic heterocycles. The van der Waals surface area contributed by atoms with Gasteiger partial charge in [0.05, 0.1) is 6.10 Å². The summed E-state index contributed by atoms with van der Waals surface area (Å²) in [5.41, 5.74) is 12.4. The van der Waals surface area contributed by atoms with E-state index in [4.69, 9.17) is 11.5 Å². The highest BCUT2D eigenvalue weighted by Crippen LogP contribution is 2.26. The van der Waals surface area contributed by atoms with Crippen LogP contribution in [0.5, 0.6) is 0 Å². The first-order valence-corrected chi connectivity index (χ1v) is 5.19. The second-order valence-electron chi connectivity index (χ2n) is 3.99. The van der Waals surface area contributed by atoms with Crippen molar-refractivity contribution in [3.05, 3.63) is 24.3 Å². The van der Waals surface area contributed by atoms with Gasteiger partial charge in [0, 0.05) is 17.9 Å². The van der Waals surface area contributed by atoms with E-state index in [-0.39, 0.29) is 0 Å². The van der Waals surface area contributed by atoms with E-state index in [2.05, 4.69) is 0 Å². The fraction of sp³-hybridized carbons (Fsp3) is 0.364. The molecule has 1 heterocycles. The Balaban J connectivity index is 2.26. The normalized spacial score (nSPS) is 24.7. The molecular formula is C11H15N3O2. The van der Waals surface area contributed by atoms with E-state index in [1.807, 2.05) is 17.0 Å². The van der Waals surface area contributed by atoms with Crippen molar-refractivity contribution in [1.29, 1.82) is 0 Å². The smallest absolute Gasteiger partial charge is 0.242 e. The third-order valence-electron chi connectivity index (χ3n) is 2.88. The molecule has 1 aliphatic rings. The molecule has 0 aliphatic carbocycles. The number of nitrogens with zero attached hydrogens (tertiary/aromatic N) is 1. The third-order valence-corrected chi connectivity index (χ3v) is 2.88. The molecule has 2 rings (SSSR count). The summed E-state index contributed by atoms with van der Waals surface area (Å²) >= 11 is 0. The number of nitrogens with two attached hydrogens (primary N) is 2. The van der Waals surface area contributed by atoms with Gasteiger partial charge in [0.1, 0.15) is 6.04 Å². The zero-order chi connectivity index (χ0) is 11.7. The van der Waals surface area contributed by atoms with Crippen molar-refractivity contribution in [3.63, 3.8) is 0 Å². The number of rotatable bonds is 2. The number of aliphatic hydroxyl groups is 1. The summed E-state index contributed by atoms with van der Waals surface area (Å²) in [5, 5.41) is 9.68. The maximum absolute atomic E-state index is 11.3. The van der Waals surface area contributed by atoms with Crippen LogP contribution < -0.4 is 16.4 Å². The Kier molecular flexibility index (Phi) is 2.70. The van der Waals surface area contributed by atoms with Crippen molar-refractivity contribution in [2.24, 2.45) is 5.73 Å². The highest BCUT2D eigenvalue weighted by molar-refractivity contribution is 5.85. The topological polar surface area (TPSA) is 92.6 Å². The van der Waals surface area contributed by atoms with Crippen LogP contribution in [0.15, 0.2) is 24.3 Å². The van der Waals surface area contributed by atoms with Gasteiger partial charge in [-0.2, -0.15) is 0 Å². The van der Waals surface area contributed by atoms with E-state index in [0.717, 1.165) is 5.69 Å². The molecule has 1 fully saturated rings. The van der Waals surface area contributed by atoms with Crippen LogP contribution in [0.4, 0.5) is 11.4 Å². The first-order chi connectivity index (χ1) is 7.59. The zero-order valence-electron chi connectivity index (χ0n) is 8.84. The summed E-state index contributed by atoms with van der Waals surface area (Å²) in [6.07, 6.45) is -0.132. The van der Waals surface area contributed by atoms with Crippen molar-refractivity contribution < 1.29 is 9.90 Å². The zero-order valence-corrected chi connectivity index (χ0v) is 8.84. The number of benzene rings is 1. The molecule has 1 amide bonds. The van der Waals surface area contributed by atoms with Crippen LogP contribution in [-0.4, -0.2) is 29.7 Å². The van der Waals surface area contributed by atoms with Gasteiger partial charge in [-0.05, 0) is 30.7 Å². The lowest BCUT2D eigenvalue weighted by Crippen LogP contribution is -2.45. The number of primary amides is 1. The SMILES string of the molecule is NC(=O)C1C(O)CCN1c1ccc(N)cc1. The van der Waals surface area contributed by atoms with Gasteiger partial charge in [-0.3, -0.25) is 4.79 Å². The number of hydrogen-bond acceptors (Lipinski definition) is 4. The molecule has 5 nitrogen and oxygen atoms in total. The molecule has 0 radical (unpaired) electrons. The number of amides is 1. The Morgan fingerprint density at radius 2 is 2.00 bits per heavy atom. The number of aliphatic hydroxyl groups excluding tert-OH is 1. The maximum Gasteiger partial charge on any atom is 0.242 e. The Labute approximate surface area is 93.6 Å². The molecule has 1 aromatic rings. The molecule has 16 heavy (non-hydrogen) atoms. The minimum atomic E-state index is -0.685. The van der Waals surface area contributed by atoms with E-state index in [1.165, 1.54) is 0 Å². The lowest BCUT2D eigenvalue weighted by molar-refractivity contribution is -0.120. The minimum Gasteiger partial charge on any atom is -0.399 e. The van der Waals surface area contributed by atoms with Crippen molar-refractivity contribution in [2.45, 2.75) is 18.6 Å². The van der Waals surface area contributed by atoms with Crippen LogP contribution in [0, 0.1) is 0 Å². The summed E-state index contributed by atoms with van der Waals surface area (Å²) in [6.45, 7) is 0.624. The fourth-order valence-corrected chi connectivity index (χ4v) is 2.07. The lowest BCUT2D eigenvalue weighted by Gasteiger charge is -2.25. The summed E-state index contributed by atoms with van der Waals surface area (Å²) in [7, 11) is 0. The van der Waals surface area contributed by atoms with Gasteiger partial charge in [-0.1, -0.05) is 0 Å². The van der Waals surface area contributed by atoms with Crippen molar-refractivity contribution in [2.75, 3.05) is 17.2 Å². The monoisotopic (exact) mass is 221 g/mol. The van der Waals surface area contributed by atoms with Crippen molar-refractivity contribution in [3.8, 4) is 0 Å². The van der Waals surface area contributed by atoms with E-state index in [0.29, 0.717) is 18.7 Å². The third kappa shape index (κ3) is 1.81. The van der Waals surface area contributed by atoms with Crippen molar-refractivity contribution >= 4 is 17.3 Å². The number of nitrogen functional groups attached to an aromatic ring is 1. The van der Waals surface area contributed by atoms with Gasteiger partial charge in [0.25, 0.3) is 0 Å². The molecule has 0 spiro atoms. The van der Waals surface area contributed by atoms with Crippen LogP contribution in [0.1, 0.15) is 6.42 Å². The molecule has 2 unspecified atom stereocenters. The predicted octanol–water partition coefficient (Wildman–Crippen LogP) is -0.306. The Morgan fingerprint density at radius 3 is 2.56 bits per heavy atom. The van der Waals surface area contributed by atoms with E-state index in [9.17, 15) is 9.90 Å². The fourth-order valence-electron chi connectivity index (χ4n) is 2.07. The molecule has 5 heteroatoms. The highest BCUT2D eigenvalue weighted by atomic mass is 16.3. The lowest BCUT2D eigenvalue weighted by atomic mass is 10.1. The van der Waals surface area contributed by atoms with E-state index < -0.39 is 18.1 Å². The summed E-state index contributed by atoms with van der Waals surface area (Å²) in [5.74, 6) is -0.498. The molecule has 1 saturated heterocycles. The van der Waals surface area contributed by atoms with Gasteiger partial charge in [-0.15, -0.1) is 0 Å². The first kappa shape index (κ1) is 10.8. The summed E-state index contributed by atoms with van der Waals surface area (Å²) < 4.78 is 0. The van der Waals surface area contributed by atoms with Gasteiger partial charge in [-0.25, -0.2) is 0 Å². The summed E-state index contributed by atoms with van der Waals surface area (Å²) in [6, 6.07) is 6.53. The molecule has 0 saturated carbocycles. The molecule has 86 valence electrons. The van der Waals surface area contributed by atoms with Crippen LogP contribution >= 0.6 is 0 Å². The standard InChI is InChI=1S/C11H15N3O2/c12-7-1-3-8(4-2-7)14-6-5-9(15)10(14)11(13)16/h1-4,9-10,15H,5-6,12H2,(H2,13,16). The van der Waals surface area contributed by atoms with Gasteiger partial charge >= 0.3 is 0 Å². The highest BCUT2D eigenvalue weighted by Gasteiger charge is 2.36. The number of anilines is 2. The molecular weight excluding hydrogens is 206 g/mol. The average molecular weight is 221 g/mol. The average Bonchev–Trinajstić information content (AvgIpc) is 2.61. The van der Waals surface area contributed by atoms with Gasteiger partial charge < -0.3 is 21.5 Å². The molecule has 5 N–H and O–H groups in total. The quantitative estimate of drug-likeness (QED) is 0.597. The maximum atomic E-state index is 11.3. The van der Waals surface area contributed by atoms with Crippen LogP contribution in [0.2, 0.25) is 0 Å². The Bertz CT molecular complexity index is 391. The second kappa shape index (κ2) is 4.02. The second-order valence-corrected chi connectivity index (χ2v) is 3.99. The van der Waals surface area contributed by atoms with Crippen LogP contribution in [0.25, 0.3) is 0 Å². The molecule has 1 aliphatic heterocycles. The molecule has 0 bridgehead atoms. The molecule has 1 aromatic carbocycles. The van der Waals surface area contributed by atoms with Gasteiger partial charge in [0.2, 0.25) is 5.91 Å². The van der Waals surface area contributed by atoms with E-state index >= 15 is 0 Å². The Morgan fingerprint density at radius 1 is 1.38 bits per heavy atom. The number of carbonyl (C=O) groups excluding carboxylic acids is 1. The number of carbonyl (C=O) groups is 1. The van der Waals surface area contributed by atoms with Crippen LogP contribution in [-0.2, 0) is 4.79 Å². The largest absolute Gasteiger partial charge is 0.399 e. The van der Waals surface area contributed by atoms with Crippen molar-refractivity contribution in [1.82, 2.24) is 0 Å². The van der Waals surface area contributed by atoms with E-state index in [1.54, 1.807) is 12.1 Å². The minimum absolute atomic E-state index is 0.498. The van der Waals surface area contributed by atoms with Gasteiger partial charge in [0.15, 0.2) is 0 Å². The predicted molar refractivity (Wildman–Crippen MR) is 61.8 cm³/mol.